The largest absolute Gasteiger partial charge is 0.294 e. The van der Waals surface area contributed by atoms with Gasteiger partial charge in [-0.05, 0) is 24.1 Å². The van der Waals surface area contributed by atoms with E-state index < -0.39 is 5.82 Å². The minimum absolute atomic E-state index is 0.0386. The van der Waals surface area contributed by atoms with Gasteiger partial charge in [-0.3, -0.25) is 19.8 Å². The molecule has 1 aliphatic heterocycles. The lowest BCUT2D eigenvalue weighted by molar-refractivity contribution is -0.140. The number of hydrogen-bond donors (Lipinski definition) is 1. The highest BCUT2D eigenvalue weighted by Gasteiger charge is 2.32. The number of piperazine rings is 1. The van der Waals surface area contributed by atoms with Gasteiger partial charge in [0.05, 0.1) is 18.2 Å². The molecule has 104 valence electrons. The second-order valence-electron chi connectivity index (χ2n) is 4.67. The van der Waals surface area contributed by atoms with Crippen molar-refractivity contribution < 1.29 is 14.0 Å². The van der Waals surface area contributed by atoms with Crippen LogP contribution in [-0.4, -0.2) is 29.3 Å². The quantitative estimate of drug-likeness (QED) is 0.833. The predicted molar refractivity (Wildman–Crippen MR) is 68.8 cm³/mol. The highest BCUT2D eigenvalue weighted by Crippen LogP contribution is 2.16. The zero-order valence-electron chi connectivity index (χ0n) is 11.0. The molecule has 2 rings (SSSR count). The Bertz CT molecular complexity index is 595. The molecule has 1 unspecified atom stereocenters. The molecule has 0 bridgehead atoms. The van der Waals surface area contributed by atoms with Crippen molar-refractivity contribution in [3.63, 3.8) is 0 Å². The molecular weight excluding hydrogens is 261 g/mol. The molecule has 0 saturated carbocycles. The summed E-state index contributed by atoms with van der Waals surface area (Å²) >= 11 is 0. The van der Waals surface area contributed by atoms with Gasteiger partial charge in [-0.1, -0.05) is 13.0 Å². The Morgan fingerprint density at radius 3 is 2.90 bits per heavy atom. The van der Waals surface area contributed by atoms with Crippen molar-refractivity contribution >= 4 is 11.8 Å². The van der Waals surface area contributed by atoms with E-state index in [1.807, 2.05) is 6.92 Å². The van der Waals surface area contributed by atoms with Gasteiger partial charge in [-0.2, -0.15) is 5.26 Å². The van der Waals surface area contributed by atoms with Gasteiger partial charge in [-0.15, -0.1) is 0 Å². The number of rotatable bonds is 3. The van der Waals surface area contributed by atoms with E-state index in [0.29, 0.717) is 18.5 Å². The molecule has 1 aliphatic rings. The van der Waals surface area contributed by atoms with Crippen LogP contribution in [0.3, 0.4) is 0 Å². The summed E-state index contributed by atoms with van der Waals surface area (Å²) < 4.78 is 13.3. The Morgan fingerprint density at radius 2 is 2.25 bits per heavy atom. The molecule has 1 N–H and O–H groups in total. The van der Waals surface area contributed by atoms with Crippen molar-refractivity contribution in [1.82, 2.24) is 10.2 Å². The van der Waals surface area contributed by atoms with E-state index in [0.717, 1.165) is 0 Å². The van der Waals surface area contributed by atoms with Crippen molar-refractivity contribution in [2.24, 2.45) is 0 Å². The van der Waals surface area contributed by atoms with E-state index in [-0.39, 0.29) is 30.0 Å². The van der Waals surface area contributed by atoms with Crippen LogP contribution < -0.4 is 5.32 Å². The summed E-state index contributed by atoms with van der Waals surface area (Å²) in [5.74, 6) is -1.23. The molecule has 6 heteroatoms. The van der Waals surface area contributed by atoms with Crippen molar-refractivity contribution in [3.8, 4) is 6.07 Å². The fourth-order valence-electron chi connectivity index (χ4n) is 2.32. The fourth-order valence-corrected chi connectivity index (χ4v) is 2.32. The molecule has 0 radical (unpaired) electrons. The summed E-state index contributed by atoms with van der Waals surface area (Å²) in [6.45, 7) is 2.30. The number of carbonyl (C=O) groups is 2. The highest BCUT2D eigenvalue weighted by atomic mass is 19.1. The van der Waals surface area contributed by atoms with Crippen molar-refractivity contribution in [1.29, 1.82) is 5.26 Å². The lowest BCUT2D eigenvalue weighted by Crippen LogP contribution is -2.57. The van der Waals surface area contributed by atoms with Crippen LogP contribution in [0, 0.1) is 17.1 Å². The van der Waals surface area contributed by atoms with Crippen molar-refractivity contribution in [2.75, 3.05) is 6.54 Å². The van der Waals surface area contributed by atoms with Crippen LogP contribution in [0.5, 0.6) is 0 Å². The minimum Gasteiger partial charge on any atom is -0.294 e. The van der Waals surface area contributed by atoms with E-state index in [1.165, 1.54) is 12.1 Å². The number of benzene rings is 1. The van der Waals surface area contributed by atoms with Gasteiger partial charge in [0, 0.05) is 6.54 Å². The van der Waals surface area contributed by atoms with E-state index >= 15 is 0 Å². The van der Waals surface area contributed by atoms with Gasteiger partial charge in [0.15, 0.2) is 0 Å². The SMILES string of the molecule is CCC1C(=O)NC(=O)CN1Cc1ccc(F)c(C#N)c1. The highest BCUT2D eigenvalue weighted by molar-refractivity contribution is 6.01. The molecule has 1 saturated heterocycles. The maximum Gasteiger partial charge on any atom is 0.243 e. The van der Waals surface area contributed by atoms with Gasteiger partial charge < -0.3 is 0 Å². The van der Waals surface area contributed by atoms with Gasteiger partial charge in [0.2, 0.25) is 11.8 Å². The normalized spacial score (nSPS) is 19.6. The van der Waals surface area contributed by atoms with Crippen LogP contribution in [0.2, 0.25) is 0 Å². The average Bonchev–Trinajstić information content (AvgIpc) is 2.40. The number of nitrogens with one attached hydrogen (secondary N) is 1. The molecule has 1 aromatic rings. The summed E-state index contributed by atoms with van der Waals surface area (Å²) in [7, 11) is 0. The van der Waals surface area contributed by atoms with Crippen LogP contribution in [-0.2, 0) is 16.1 Å². The predicted octanol–water partition coefficient (Wildman–Crippen LogP) is 0.934. The first-order valence-electron chi connectivity index (χ1n) is 6.31. The molecule has 5 nitrogen and oxygen atoms in total. The number of imide groups is 1. The number of carbonyl (C=O) groups excluding carboxylic acids is 2. The molecule has 1 fully saturated rings. The standard InChI is InChI=1S/C14H14FN3O2/c1-2-12-14(20)17-13(19)8-18(12)7-9-3-4-11(15)10(5-9)6-16/h3-5,12H,2,7-8H2,1H3,(H,17,19,20). The van der Waals surface area contributed by atoms with Crippen LogP contribution in [0.1, 0.15) is 24.5 Å². The third-order valence-corrected chi connectivity index (χ3v) is 3.28. The van der Waals surface area contributed by atoms with E-state index in [2.05, 4.69) is 5.32 Å². The Balaban J connectivity index is 2.21. The summed E-state index contributed by atoms with van der Waals surface area (Å²) in [6, 6.07) is 5.61. The topological polar surface area (TPSA) is 73.2 Å². The molecule has 0 aliphatic carbocycles. The number of nitriles is 1. The molecular formula is C14H14FN3O2. The average molecular weight is 275 g/mol. The van der Waals surface area contributed by atoms with E-state index in [1.54, 1.807) is 17.0 Å². The first kappa shape index (κ1) is 14.2. The Labute approximate surface area is 116 Å². The number of nitrogens with zero attached hydrogens (tertiary/aromatic N) is 2. The fraction of sp³-hybridized carbons (Fsp3) is 0.357. The first-order chi connectivity index (χ1) is 9.55. The lowest BCUT2D eigenvalue weighted by atomic mass is 10.1. The van der Waals surface area contributed by atoms with E-state index in [9.17, 15) is 14.0 Å². The van der Waals surface area contributed by atoms with Gasteiger partial charge in [0.1, 0.15) is 11.9 Å². The van der Waals surface area contributed by atoms with Gasteiger partial charge in [0.25, 0.3) is 0 Å². The van der Waals surface area contributed by atoms with Gasteiger partial charge >= 0.3 is 0 Å². The second-order valence-corrected chi connectivity index (χ2v) is 4.67. The number of amides is 2. The zero-order valence-corrected chi connectivity index (χ0v) is 11.0. The van der Waals surface area contributed by atoms with Crippen LogP contribution >= 0.6 is 0 Å². The van der Waals surface area contributed by atoms with Crippen LogP contribution in [0.15, 0.2) is 18.2 Å². The van der Waals surface area contributed by atoms with Crippen LogP contribution in [0.4, 0.5) is 4.39 Å². The Morgan fingerprint density at radius 1 is 1.50 bits per heavy atom. The number of hydrogen-bond acceptors (Lipinski definition) is 4. The first-order valence-corrected chi connectivity index (χ1v) is 6.31. The monoisotopic (exact) mass is 275 g/mol. The van der Waals surface area contributed by atoms with Crippen molar-refractivity contribution in [2.45, 2.75) is 25.9 Å². The summed E-state index contributed by atoms with van der Waals surface area (Å²) in [5.41, 5.74) is 0.659. The number of halogens is 1. The van der Waals surface area contributed by atoms with Crippen molar-refractivity contribution in [3.05, 3.63) is 35.1 Å². The maximum absolute atomic E-state index is 13.3. The summed E-state index contributed by atoms with van der Waals surface area (Å²) in [4.78, 5) is 24.9. The molecule has 2 amide bonds. The van der Waals surface area contributed by atoms with Gasteiger partial charge in [-0.25, -0.2) is 4.39 Å². The molecule has 1 atom stereocenters. The minimum atomic E-state index is -0.573. The zero-order chi connectivity index (χ0) is 14.7. The van der Waals surface area contributed by atoms with Crippen LogP contribution in [0.25, 0.3) is 0 Å². The van der Waals surface area contributed by atoms with E-state index in [4.69, 9.17) is 5.26 Å². The summed E-state index contributed by atoms with van der Waals surface area (Å²) in [5, 5.41) is 11.1. The lowest BCUT2D eigenvalue weighted by Gasteiger charge is -2.33. The summed E-state index contributed by atoms with van der Waals surface area (Å²) in [6.07, 6.45) is 0.575. The Hall–Kier alpha value is -2.26. The molecule has 1 heterocycles. The maximum atomic E-state index is 13.3. The molecule has 20 heavy (non-hydrogen) atoms. The molecule has 0 aromatic heterocycles. The molecule has 0 spiro atoms. The second kappa shape index (κ2) is 5.80. The molecule has 1 aromatic carbocycles. The third-order valence-electron chi connectivity index (χ3n) is 3.28. The smallest absolute Gasteiger partial charge is 0.243 e. The Kier molecular flexibility index (Phi) is 4.11. The third kappa shape index (κ3) is 2.83.